The van der Waals surface area contributed by atoms with Gasteiger partial charge in [-0.2, -0.15) is 5.10 Å². The second-order valence-corrected chi connectivity index (χ2v) is 6.55. The molecule has 0 spiro atoms. The van der Waals surface area contributed by atoms with Gasteiger partial charge >= 0.3 is 0 Å². The highest BCUT2D eigenvalue weighted by Crippen LogP contribution is 2.25. The molecule has 0 bridgehead atoms. The topological polar surface area (TPSA) is 63.5 Å². The molecule has 2 aliphatic rings. The van der Waals surface area contributed by atoms with Crippen LogP contribution in [0.1, 0.15) is 23.0 Å². The minimum Gasteiger partial charge on any atom is -0.373 e. The number of nitrogens with zero attached hydrogens (tertiary/aromatic N) is 5. The van der Waals surface area contributed by atoms with Gasteiger partial charge in [-0.15, -0.1) is 0 Å². The van der Waals surface area contributed by atoms with Crippen molar-refractivity contribution in [3.05, 3.63) is 48.0 Å². The van der Waals surface area contributed by atoms with Gasteiger partial charge < -0.3 is 9.64 Å². The minimum absolute atomic E-state index is 0.0404. The summed E-state index contributed by atoms with van der Waals surface area (Å²) in [4.78, 5) is 21.4. The number of amides is 1. The van der Waals surface area contributed by atoms with Gasteiger partial charge in [0.15, 0.2) is 0 Å². The van der Waals surface area contributed by atoms with Gasteiger partial charge in [0.25, 0.3) is 5.91 Å². The Kier molecular flexibility index (Phi) is 4.50. The molecule has 2 atom stereocenters. The van der Waals surface area contributed by atoms with Gasteiger partial charge in [0, 0.05) is 51.3 Å². The molecule has 2 aromatic rings. The molecule has 0 N–H and O–H groups in total. The first-order valence-electron chi connectivity index (χ1n) is 8.82. The fourth-order valence-electron chi connectivity index (χ4n) is 3.77. The summed E-state index contributed by atoms with van der Waals surface area (Å²) in [5.41, 5.74) is 1.84. The molecule has 2 saturated heterocycles. The molecule has 2 aliphatic heterocycles. The highest BCUT2D eigenvalue weighted by atomic mass is 16.5. The smallest absolute Gasteiger partial charge is 0.272 e. The molecule has 4 heterocycles. The fraction of sp³-hybridized carbons (Fsp3) is 0.500. The van der Waals surface area contributed by atoms with E-state index < -0.39 is 0 Å². The Hall–Kier alpha value is -2.25. The van der Waals surface area contributed by atoms with Crippen molar-refractivity contribution in [2.75, 3.05) is 26.2 Å². The molecule has 0 aromatic carbocycles. The van der Waals surface area contributed by atoms with E-state index in [1.54, 1.807) is 23.1 Å². The Morgan fingerprint density at radius 2 is 2.24 bits per heavy atom. The first kappa shape index (κ1) is 16.2. The summed E-state index contributed by atoms with van der Waals surface area (Å²) in [6, 6.07) is 6.08. The van der Waals surface area contributed by atoms with E-state index in [2.05, 4.69) is 21.0 Å². The number of fused-ring (bicyclic) bond motifs is 1. The van der Waals surface area contributed by atoms with Gasteiger partial charge in [0.1, 0.15) is 5.69 Å². The van der Waals surface area contributed by atoms with Crippen molar-refractivity contribution in [1.82, 2.24) is 24.6 Å². The molecule has 0 saturated carbocycles. The van der Waals surface area contributed by atoms with E-state index in [1.807, 2.05) is 24.1 Å². The van der Waals surface area contributed by atoms with Crippen molar-refractivity contribution in [1.29, 1.82) is 0 Å². The second-order valence-electron chi connectivity index (χ2n) is 6.55. The number of carbonyl (C=O) groups excluding carboxylic acids is 1. The second kappa shape index (κ2) is 6.93. The molecule has 4 rings (SSSR count). The summed E-state index contributed by atoms with van der Waals surface area (Å²) in [7, 11) is 0. The summed E-state index contributed by atoms with van der Waals surface area (Å²) < 4.78 is 7.70. The lowest BCUT2D eigenvalue weighted by Gasteiger charge is -2.36. The SMILES string of the molecule is CCn1nccc1C(=O)N1C[C@@H]2OCCN(Cc3cccnc3)[C@H]2C1. The normalized spacial score (nSPS) is 23.6. The third-order valence-electron chi connectivity index (χ3n) is 5.05. The van der Waals surface area contributed by atoms with Crippen molar-refractivity contribution in [3.8, 4) is 0 Å². The Bertz CT molecular complexity index is 732. The van der Waals surface area contributed by atoms with Crippen LogP contribution < -0.4 is 0 Å². The van der Waals surface area contributed by atoms with Crippen LogP contribution in [0.5, 0.6) is 0 Å². The Morgan fingerprint density at radius 1 is 1.32 bits per heavy atom. The molecule has 1 amide bonds. The molecule has 2 aromatic heterocycles. The number of likely N-dealkylation sites (tertiary alicyclic amines) is 1. The number of morpholine rings is 1. The zero-order valence-corrected chi connectivity index (χ0v) is 14.4. The Labute approximate surface area is 147 Å². The van der Waals surface area contributed by atoms with Gasteiger partial charge in [-0.05, 0) is 24.6 Å². The molecule has 7 heteroatoms. The van der Waals surface area contributed by atoms with Gasteiger partial charge in [0.05, 0.1) is 18.8 Å². The first-order valence-corrected chi connectivity index (χ1v) is 8.82. The monoisotopic (exact) mass is 341 g/mol. The number of hydrogen-bond donors (Lipinski definition) is 0. The lowest BCUT2D eigenvalue weighted by molar-refractivity contribution is -0.0503. The quantitative estimate of drug-likeness (QED) is 0.831. The average Bonchev–Trinajstić information content (AvgIpc) is 3.29. The number of ether oxygens (including phenoxy) is 1. The van der Waals surface area contributed by atoms with Crippen molar-refractivity contribution in [2.24, 2.45) is 0 Å². The number of aromatic nitrogens is 3. The Balaban J connectivity index is 1.48. The van der Waals surface area contributed by atoms with E-state index in [1.165, 1.54) is 5.56 Å². The van der Waals surface area contributed by atoms with Crippen LogP contribution in [0.15, 0.2) is 36.8 Å². The van der Waals surface area contributed by atoms with Crippen LogP contribution in [0.4, 0.5) is 0 Å². The maximum Gasteiger partial charge on any atom is 0.272 e. The molecule has 0 unspecified atom stereocenters. The van der Waals surface area contributed by atoms with Gasteiger partial charge in [0.2, 0.25) is 0 Å². The highest BCUT2D eigenvalue weighted by molar-refractivity contribution is 5.92. The molecule has 2 fully saturated rings. The zero-order valence-electron chi connectivity index (χ0n) is 14.4. The van der Waals surface area contributed by atoms with Gasteiger partial charge in [-0.1, -0.05) is 6.07 Å². The number of hydrogen-bond acceptors (Lipinski definition) is 5. The highest BCUT2D eigenvalue weighted by Gasteiger charge is 2.42. The maximum absolute atomic E-state index is 12.9. The van der Waals surface area contributed by atoms with Crippen LogP contribution in [-0.2, 0) is 17.8 Å². The first-order chi connectivity index (χ1) is 12.3. The summed E-state index contributed by atoms with van der Waals surface area (Å²) in [5.74, 6) is 0.0404. The minimum atomic E-state index is 0.0404. The molecule has 0 aliphatic carbocycles. The summed E-state index contributed by atoms with van der Waals surface area (Å²) in [6.07, 6.45) is 5.46. The van der Waals surface area contributed by atoms with Crippen LogP contribution in [0.3, 0.4) is 0 Å². The predicted molar refractivity (Wildman–Crippen MR) is 92.0 cm³/mol. The molecule has 0 radical (unpaired) electrons. The Morgan fingerprint density at radius 3 is 3.04 bits per heavy atom. The number of aryl methyl sites for hydroxylation is 1. The molecular formula is C18H23N5O2. The van der Waals surface area contributed by atoms with E-state index >= 15 is 0 Å². The van der Waals surface area contributed by atoms with Crippen molar-refractivity contribution >= 4 is 5.91 Å². The van der Waals surface area contributed by atoms with E-state index in [4.69, 9.17) is 4.74 Å². The number of carbonyl (C=O) groups is 1. The third-order valence-corrected chi connectivity index (χ3v) is 5.05. The average molecular weight is 341 g/mol. The molecule has 7 nitrogen and oxygen atoms in total. The molecule has 132 valence electrons. The summed E-state index contributed by atoms with van der Waals surface area (Å²) in [5, 5.41) is 4.21. The standard InChI is InChI=1S/C18H23N5O2/c1-2-23-15(5-7-20-23)18(24)22-12-16-17(13-22)25-9-8-21(16)11-14-4-3-6-19-10-14/h3-7,10,16-17H,2,8-9,11-13H2,1H3/t16-,17-/m0/s1. The lowest BCUT2D eigenvalue weighted by atomic mass is 10.1. The molecule has 25 heavy (non-hydrogen) atoms. The van der Waals surface area contributed by atoms with Crippen LogP contribution in [0.25, 0.3) is 0 Å². The van der Waals surface area contributed by atoms with Gasteiger partial charge in [-0.25, -0.2) is 0 Å². The fourth-order valence-corrected chi connectivity index (χ4v) is 3.77. The largest absolute Gasteiger partial charge is 0.373 e. The third kappa shape index (κ3) is 3.17. The van der Waals surface area contributed by atoms with E-state index in [0.717, 1.165) is 13.1 Å². The predicted octanol–water partition coefficient (Wildman–Crippen LogP) is 1.02. The van der Waals surface area contributed by atoms with Crippen molar-refractivity contribution in [2.45, 2.75) is 32.2 Å². The maximum atomic E-state index is 12.9. The summed E-state index contributed by atoms with van der Waals surface area (Å²) >= 11 is 0. The van der Waals surface area contributed by atoms with E-state index in [0.29, 0.717) is 31.9 Å². The number of pyridine rings is 1. The van der Waals surface area contributed by atoms with Crippen LogP contribution in [0, 0.1) is 0 Å². The van der Waals surface area contributed by atoms with Crippen LogP contribution in [-0.4, -0.2) is 68.9 Å². The van der Waals surface area contributed by atoms with Crippen molar-refractivity contribution in [3.63, 3.8) is 0 Å². The number of rotatable bonds is 4. The molecular weight excluding hydrogens is 318 g/mol. The van der Waals surface area contributed by atoms with E-state index in [9.17, 15) is 4.79 Å². The van der Waals surface area contributed by atoms with Crippen LogP contribution >= 0.6 is 0 Å². The van der Waals surface area contributed by atoms with Crippen LogP contribution in [0.2, 0.25) is 0 Å². The summed E-state index contributed by atoms with van der Waals surface area (Å²) in [6.45, 7) is 6.44. The lowest BCUT2D eigenvalue weighted by Crippen LogP contribution is -2.50. The zero-order chi connectivity index (χ0) is 17.2. The van der Waals surface area contributed by atoms with Crippen molar-refractivity contribution < 1.29 is 9.53 Å². The van der Waals surface area contributed by atoms with E-state index in [-0.39, 0.29) is 18.1 Å². The van der Waals surface area contributed by atoms with Gasteiger partial charge in [-0.3, -0.25) is 19.4 Å².